The van der Waals surface area contributed by atoms with E-state index in [1.165, 1.54) is 0 Å². The normalized spacial score (nSPS) is 11.9. The Balaban J connectivity index is 2.11. The van der Waals surface area contributed by atoms with Crippen LogP contribution in [0.25, 0.3) is 0 Å². The average molecular weight is 420 g/mol. The van der Waals surface area contributed by atoms with E-state index in [0.717, 1.165) is 16.7 Å². The molecule has 158 valence electrons. The van der Waals surface area contributed by atoms with E-state index in [1.54, 1.807) is 0 Å². The smallest absolute Gasteiger partial charge is 0.405 e. The number of carbonyl (C=O) groups is 3. The fourth-order valence-corrected chi connectivity index (χ4v) is 3.52. The molecule has 0 heterocycles. The number of amides is 2. The molecule has 31 heavy (non-hydrogen) atoms. The summed E-state index contributed by atoms with van der Waals surface area (Å²) in [7, 11) is 0. The molecule has 0 unspecified atom stereocenters. The maximum atomic E-state index is 13.3. The number of benzene rings is 3. The Morgan fingerprint density at radius 1 is 0.806 bits per heavy atom. The van der Waals surface area contributed by atoms with Crippen LogP contribution in [0.5, 0.6) is 0 Å². The molecule has 0 fully saturated rings. The maximum Gasteiger partial charge on any atom is 0.405 e. The van der Waals surface area contributed by atoms with Gasteiger partial charge < -0.3 is 15.8 Å². The van der Waals surface area contributed by atoms with Crippen molar-refractivity contribution in [2.24, 2.45) is 5.73 Å². The largest absolute Gasteiger partial charge is 0.435 e. The molecule has 0 spiro atoms. The van der Waals surface area contributed by atoms with Crippen LogP contribution in [0, 0.1) is 0 Å². The minimum Gasteiger partial charge on any atom is -0.435 e. The standard InChI is InChI=1S/C24H21FN2O4/c25-22(29)20(31-23(26)30)16-21(28)27-24(17-10-4-1-5-11-17,18-12-6-2-7-13-18)19-14-8-3-9-15-19/h1-15,20H,16H2,(H2,26,30)(H,27,28)/t20-/m0/s1. The van der Waals surface area contributed by atoms with E-state index in [0.29, 0.717) is 0 Å². The number of halogens is 1. The summed E-state index contributed by atoms with van der Waals surface area (Å²) >= 11 is 0. The third kappa shape index (κ3) is 4.95. The van der Waals surface area contributed by atoms with Crippen molar-refractivity contribution in [2.75, 3.05) is 0 Å². The Morgan fingerprint density at radius 3 is 1.52 bits per heavy atom. The van der Waals surface area contributed by atoms with Gasteiger partial charge in [0.05, 0.1) is 6.42 Å². The predicted octanol–water partition coefficient (Wildman–Crippen LogP) is 3.44. The third-order valence-corrected chi connectivity index (χ3v) is 4.83. The lowest BCUT2D eigenvalue weighted by atomic mass is 9.77. The van der Waals surface area contributed by atoms with Crippen LogP contribution in [0.2, 0.25) is 0 Å². The van der Waals surface area contributed by atoms with E-state index in [1.807, 2.05) is 91.0 Å². The van der Waals surface area contributed by atoms with Crippen molar-refractivity contribution >= 4 is 18.0 Å². The summed E-state index contributed by atoms with van der Waals surface area (Å²) in [5, 5.41) is 2.95. The number of ether oxygens (including phenoxy) is 1. The van der Waals surface area contributed by atoms with Gasteiger partial charge in [-0.05, 0) is 16.7 Å². The molecule has 1 atom stereocenters. The van der Waals surface area contributed by atoms with Crippen LogP contribution < -0.4 is 11.1 Å². The molecule has 2 amide bonds. The molecule has 3 N–H and O–H groups in total. The molecule has 0 saturated carbocycles. The Bertz CT molecular complexity index is 946. The Kier molecular flexibility index (Phi) is 6.77. The summed E-state index contributed by atoms with van der Waals surface area (Å²) in [6.07, 6.45) is -3.98. The zero-order chi connectivity index (χ0) is 22.3. The highest BCUT2D eigenvalue weighted by Gasteiger charge is 2.39. The van der Waals surface area contributed by atoms with Crippen molar-refractivity contribution in [1.82, 2.24) is 5.32 Å². The second-order valence-corrected chi connectivity index (χ2v) is 6.83. The molecule has 0 radical (unpaired) electrons. The first-order valence-corrected chi connectivity index (χ1v) is 9.56. The van der Waals surface area contributed by atoms with Crippen molar-refractivity contribution in [2.45, 2.75) is 18.1 Å². The molecule has 3 aromatic carbocycles. The van der Waals surface area contributed by atoms with Gasteiger partial charge in [-0.15, -0.1) is 0 Å². The van der Waals surface area contributed by atoms with E-state index >= 15 is 0 Å². The first kappa shape index (κ1) is 21.7. The second-order valence-electron chi connectivity index (χ2n) is 6.83. The molecule has 3 rings (SSSR count). The minimum atomic E-state index is -1.96. The van der Waals surface area contributed by atoms with Crippen molar-refractivity contribution in [3.8, 4) is 0 Å². The SMILES string of the molecule is NC(=O)O[C@@H](CC(=O)NC(c1ccccc1)(c1ccccc1)c1ccccc1)C(=O)F. The highest BCUT2D eigenvalue weighted by Crippen LogP contribution is 2.36. The predicted molar refractivity (Wildman–Crippen MR) is 113 cm³/mol. The molecular formula is C24H21FN2O4. The average Bonchev–Trinajstić information content (AvgIpc) is 2.78. The number of primary amides is 1. The van der Waals surface area contributed by atoms with Gasteiger partial charge in [-0.3, -0.25) is 9.59 Å². The first-order valence-electron chi connectivity index (χ1n) is 9.56. The van der Waals surface area contributed by atoms with Crippen molar-refractivity contribution < 1.29 is 23.5 Å². The third-order valence-electron chi connectivity index (χ3n) is 4.83. The molecule has 0 aromatic heterocycles. The lowest BCUT2D eigenvalue weighted by molar-refractivity contribution is -0.142. The molecule has 0 saturated heterocycles. The van der Waals surface area contributed by atoms with Crippen LogP contribution in [-0.2, 0) is 19.9 Å². The summed E-state index contributed by atoms with van der Waals surface area (Å²) in [5.41, 5.74) is 6.00. The summed E-state index contributed by atoms with van der Waals surface area (Å²) in [5.74, 6) is -0.700. The highest BCUT2D eigenvalue weighted by molar-refractivity contribution is 5.86. The van der Waals surface area contributed by atoms with E-state index in [4.69, 9.17) is 5.73 Å². The van der Waals surface area contributed by atoms with Crippen LogP contribution in [0.1, 0.15) is 23.1 Å². The summed E-state index contributed by atoms with van der Waals surface area (Å²) in [6, 6.07) is 25.8. The minimum absolute atomic E-state index is 0.700. The van der Waals surface area contributed by atoms with Gasteiger partial charge in [0.1, 0.15) is 5.54 Å². The van der Waals surface area contributed by atoms with Gasteiger partial charge in [-0.2, -0.15) is 4.39 Å². The van der Waals surface area contributed by atoms with Gasteiger partial charge in [-0.1, -0.05) is 91.0 Å². The number of nitrogens with one attached hydrogen (secondary N) is 1. The molecule has 3 aromatic rings. The molecule has 0 bridgehead atoms. The topological polar surface area (TPSA) is 98.5 Å². The Hall–Kier alpha value is -4.00. The molecular weight excluding hydrogens is 399 g/mol. The highest BCUT2D eigenvalue weighted by atomic mass is 19.1. The first-order chi connectivity index (χ1) is 14.9. The quantitative estimate of drug-likeness (QED) is 0.431. The van der Waals surface area contributed by atoms with Crippen LogP contribution in [0.4, 0.5) is 9.18 Å². The van der Waals surface area contributed by atoms with E-state index < -0.39 is 36.1 Å². The summed E-state index contributed by atoms with van der Waals surface area (Å²) < 4.78 is 17.8. The molecule has 7 heteroatoms. The number of nitrogens with two attached hydrogens (primary N) is 1. The van der Waals surface area contributed by atoms with Gasteiger partial charge >= 0.3 is 12.1 Å². The molecule has 6 nitrogen and oxygen atoms in total. The lowest BCUT2D eigenvalue weighted by Crippen LogP contribution is -2.49. The zero-order valence-electron chi connectivity index (χ0n) is 16.5. The van der Waals surface area contributed by atoms with Crippen LogP contribution >= 0.6 is 0 Å². The monoisotopic (exact) mass is 420 g/mol. The van der Waals surface area contributed by atoms with E-state index in [-0.39, 0.29) is 0 Å². The van der Waals surface area contributed by atoms with Crippen molar-refractivity contribution in [1.29, 1.82) is 0 Å². The fourth-order valence-electron chi connectivity index (χ4n) is 3.52. The van der Waals surface area contributed by atoms with Crippen molar-refractivity contribution in [3.63, 3.8) is 0 Å². The summed E-state index contributed by atoms with van der Waals surface area (Å²) in [6.45, 7) is 0. The van der Waals surface area contributed by atoms with Crippen LogP contribution in [0.15, 0.2) is 91.0 Å². The molecule has 0 aliphatic carbocycles. The van der Waals surface area contributed by atoms with Crippen LogP contribution in [0.3, 0.4) is 0 Å². The Morgan fingerprint density at radius 2 is 1.19 bits per heavy atom. The molecule has 0 aliphatic heterocycles. The second kappa shape index (κ2) is 9.67. The zero-order valence-corrected chi connectivity index (χ0v) is 16.5. The number of rotatable bonds is 8. The van der Waals surface area contributed by atoms with Gasteiger partial charge in [0, 0.05) is 0 Å². The number of carbonyl (C=O) groups excluding carboxylic acids is 3. The lowest BCUT2D eigenvalue weighted by Gasteiger charge is -2.37. The van der Waals surface area contributed by atoms with E-state index in [9.17, 15) is 18.8 Å². The molecule has 0 aliphatic rings. The van der Waals surface area contributed by atoms with Gasteiger partial charge in [0.2, 0.25) is 12.0 Å². The number of hydrogen-bond donors (Lipinski definition) is 2. The number of hydrogen-bond acceptors (Lipinski definition) is 4. The van der Waals surface area contributed by atoms with Crippen molar-refractivity contribution in [3.05, 3.63) is 108 Å². The maximum absolute atomic E-state index is 13.3. The fraction of sp³-hybridized carbons (Fsp3) is 0.125. The summed E-state index contributed by atoms with van der Waals surface area (Å²) in [4.78, 5) is 35.2. The van der Waals surface area contributed by atoms with Gasteiger partial charge in [-0.25, -0.2) is 4.79 Å². The van der Waals surface area contributed by atoms with Gasteiger partial charge in [0.25, 0.3) is 0 Å². The van der Waals surface area contributed by atoms with Gasteiger partial charge in [0.15, 0.2) is 0 Å². The van der Waals surface area contributed by atoms with Crippen LogP contribution in [-0.4, -0.2) is 24.1 Å². The Labute approximate surface area is 178 Å². The van der Waals surface area contributed by atoms with E-state index in [2.05, 4.69) is 10.1 Å².